The van der Waals surface area contributed by atoms with E-state index in [4.69, 9.17) is 4.74 Å². The lowest BCUT2D eigenvalue weighted by atomic mass is 10.1. The standard InChI is InChI=1S/C23H21N5O2/c1-16(2)28-22(25-26-27-28)17-7-6-8-18(15-17)23(29)24-19-11-13-21(14-12-19)30-20-9-4-3-5-10-20/h3-16H,1-2H3,(H,24,29). The molecule has 0 aliphatic heterocycles. The van der Waals surface area contributed by atoms with Gasteiger partial charge in [0, 0.05) is 16.8 Å². The first-order valence-electron chi connectivity index (χ1n) is 9.63. The van der Waals surface area contributed by atoms with Gasteiger partial charge in [0.05, 0.1) is 6.04 Å². The Hall–Kier alpha value is -4.00. The lowest BCUT2D eigenvalue weighted by Gasteiger charge is -2.10. The molecule has 1 heterocycles. The fourth-order valence-corrected chi connectivity index (χ4v) is 2.97. The Morgan fingerprint density at radius 1 is 0.933 bits per heavy atom. The first-order valence-corrected chi connectivity index (χ1v) is 9.63. The zero-order valence-corrected chi connectivity index (χ0v) is 16.7. The predicted molar refractivity (Wildman–Crippen MR) is 115 cm³/mol. The van der Waals surface area contributed by atoms with E-state index in [9.17, 15) is 4.79 Å². The van der Waals surface area contributed by atoms with Crippen molar-refractivity contribution in [2.24, 2.45) is 0 Å². The zero-order chi connectivity index (χ0) is 20.9. The molecule has 0 bridgehead atoms. The maximum atomic E-state index is 12.7. The summed E-state index contributed by atoms with van der Waals surface area (Å²) in [5, 5.41) is 14.8. The van der Waals surface area contributed by atoms with Crippen LogP contribution in [0.15, 0.2) is 78.9 Å². The van der Waals surface area contributed by atoms with Gasteiger partial charge in [0.25, 0.3) is 5.91 Å². The summed E-state index contributed by atoms with van der Waals surface area (Å²) in [6, 6.07) is 24.1. The van der Waals surface area contributed by atoms with E-state index >= 15 is 0 Å². The van der Waals surface area contributed by atoms with Crippen molar-refractivity contribution >= 4 is 11.6 Å². The van der Waals surface area contributed by atoms with E-state index in [0.29, 0.717) is 22.8 Å². The normalized spacial score (nSPS) is 10.8. The van der Waals surface area contributed by atoms with Crippen LogP contribution in [0.5, 0.6) is 11.5 Å². The zero-order valence-electron chi connectivity index (χ0n) is 16.7. The van der Waals surface area contributed by atoms with E-state index in [2.05, 4.69) is 20.8 Å². The van der Waals surface area contributed by atoms with Crippen molar-refractivity contribution in [2.45, 2.75) is 19.9 Å². The molecule has 7 heteroatoms. The second kappa shape index (κ2) is 8.57. The summed E-state index contributed by atoms with van der Waals surface area (Å²) < 4.78 is 7.50. The number of carbonyl (C=O) groups excluding carboxylic acids is 1. The van der Waals surface area contributed by atoms with Gasteiger partial charge in [-0.25, -0.2) is 4.68 Å². The van der Waals surface area contributed by atoms with Gasteiger partial charge < -0.3 is 10.1 Å². The average Bonchev–Trinajstić information content (AvgIpc) is 3.26. The smallest absolute Gasteiger partial charge is 0.255 e. The number of rotatable bonds is 6. The van der Waals surface area contributed by atoms with Crippen molar-refractivity contribution in [1.82, 2.24) is 20.2 Å². The Labute approximate surface area is 174 Å². The molecule has 1 N–H and O–H groups in total. The van der Waals surface area contributed by atoms with Crippen LogP contribution >= 0.6 is 0 Å². The van der Waals surface area contributed by atoms with E-state index < -0.39 is 0 Å². The van der Waals surface area contributed by atoms with Crippen LogP contribution in [-0.4, -0.2) is 26.1 Å². The molecule has 0 unspecified atom stereocenters. The number of hydrogen-bond donors (Lipinski definition) is 1. The van der Waals surface area contributed by atoms with Crippen molar-refractivity contribution in [3.8, 4) is 22.9 Å². The lowest BCUT2D eigenvalue weighted by Crippen LogP contribution is -2.12. The number of amides is 1. The van der Waals surface area contributed by atoms with Gasteiger partial charge in [0.15, 0.2) is 5.82 Å². The summed E-state index contributed by atoms with van der Waals surface area (Å²) in [5.74, 6) is 1.87. The molecule has 0 spiro atoms. The maximum absolute atomic E-state index is 12.7. The first-order chi connectivity index (χ1) is 14.6. The van der Waals surface area contributed by atoms with E-state index in [1.54, 1.807) is 28.9 Å². The van der Waals surface area contributed by atoms with Crippen LogP contribution in [0.3, 0.4) is 0 Å². The van der Waals surface area contributed by atoms with Gasteiger partial charge in [-0.15, -0.1) is 5.10 Å². The van der Waals surface area contributed by atoms with Gasteiger partial charge in [-0.1, -0.05) is 30.3 Å². The molecule has 4 rings (SSSR count). The maximum Gasteiger partial charge on any atom is 0.255 e. The Morgan fingerprint density at radius 2 is 1.67 bits per heavy atom. The van der Waals surface area contributed by atoms with E-state index in [1.807, 2.05) is 68.4 Å². The SMILES string of the molecule is CC(C)n1nnnc1-c1cccc(C(=O)Nc2ccc(Oc3ccccc3)cc2)c1. The molecule has 150 valence electrons. The number of aromatic nitrogens is 4. The van der Waals surface area contributed by atoms with E-state index in [0.717, 1.165) is 11.3 Å². The highest BCUT2D eigenvalue weighted by Gasteiger charge is 2.14. The van der Waals surface area contributed by atoms with E-state index in [1.165, 1.54) is 0 Å². The van der Waals surface area contributed by atoms with Crippen LogP contribution in [0.4, 0.5) is 5.69 Å². The van der Waals surface area contributed by atoms with Crippen LogP contribution in [0.25, 0.3) is 11.4 Å². The monoisotopic (exact) mass is 399 g/mol. The molecule has 0 aliphatic rings. The second-order valence-corrected chi connectivity index (χ2v) is 7.02. The molecule has 1 amide bonds. The van der Waals surface area contributed by atoms with Gasteiger partial charge >= 0.3 is 0 Å². The van der Waals surface area contributed by atoms with Gasteiger partial charge in [-0.05, 0) is 72.8 Å². The fraction of sp³-hybridized carbons (Fsp3) is 0.130. The third-order valence-electron chi connectivity index (χ3n) is 4.46. The summed E-state index contributed by atoms with van der Waals surface area (Å²) >= 11 is 0. The van der Waals surface area contributed by atoms with Crippen molar-refractivity contribution in [3.05, 3.63) is 84.4 Å². The third-order valence-corrected chi connectivity index (χ3v) is 4.46. The van der Waals surface area contributed by atoms with Crippen LogP contribution in [0, 0.1) is 0 Å². The number of tetrazole rings is 1. The molecule has 0 fully saturated rings. The third kappa shape index (κ3) is 4.35. The Morgan fingerprint density at radius 3 is 2.40 bits per heavy atom. The van der Waals surface area contributed by atoms with Crippen LogP contribution in [-0.2, 0) is 0 Å². The molecular formula is C23H21N5O2. The van der Waals surface area contributed by atoms with Crippen molar-refractivity contribution in [3.63, 3.8) is 0 Å². The minimum absolute atomic E-state index is 0.115. The van der Waals surface area contributed by atoms with Gasteiger partial charge in [0.1, 0.15) is 11.5 Å². The van der Waals surface area contributed by atoms with Crippen molar-refractivity contribution < 1.29 is 9.53 Å². The number of nitrogens with one attached hydrogen (secondary N) is 1. The Bertz CT molecular complexity index is 1140. The number of para-hydroxylation sites is 1. The quantitative estimate of drug-likeness (QED) is 0.495. The van der Waals surface area contributed by atoms with Gasteiger partial charge in [0.2, 0.25) is 0 Å². The van der Waals surface area contributed by atoms with Crippen molar-refractivity contribution in [1.29, 1.82) is 0 Å². The van der Waals surface area contributed by atoms with E-state index in [-0.39, 0.29) is 11.9 Å². The number of carbonyl (C=O) groups is 1. The minimum Gasteiger partial charge on any atom is -0.457 e. The number of nitrogens with zero attached hydrogens (tertiary/aromatic N) is 4. The molecule has 0 aliphatic carbocycles. The summed E-state index contributed by atoms with van der Waals surface area (Å²) in [4.78, 5) is 12.7. The van der Waals surface area contributed by atoms with Crippen LogP contribution in [0.1, 0.15) is 30.2 Å². The lowest BCUT2D eigenvalue weighted by molar-refractivity contribution is 0.102. The summed E-state index contributed by atoms with van der Waals surface area (Å²) in [6.45, 7) is 4.00. The molecule has 0 radical (unpaired) electrons. The Balaban J connectivity index is 1.47. The molecule has 3 aromatic carbocycles. The topological polar surface area (TPSA) is 81.9 Å². The molecule has 0 atom stereocenters. The highest BCUT2D eigenvalue weighted by Crippen LogP contribution is 2.24. The summed E-state index contributed by atoms with van der Waals surface area (Å²) in [6.07, 6.45) is 0. The molecule has 7 nitrogen and oxygen atoms in total. The number of ether oxygens (including phenoxy) is 1. The predicted octanol–water partition coefficient (Wildman–Crippen LogP) is 4.97. The average molecular weight is 399 g/mol. The molecular weight excluding hydrogens is 378 g/mol. The number of anilines is 1. The number of benzene rings is 3. The van der Waals surface area contributed by atoms with Crippen molar-refractivity contribution in [2.75, 3.05) is 5.32 Å². The molecule has 0 saturated carbocycles. The molecule has 0 saturated heterocycles. The second-order valence-electron chi connectivity index (χ2n) is 7.02. The molecule has 1 aromatic heterocycles. The van der Waals surface area contributed by atoms with Gasteiger partial charge in [-0.2, -0.15) is 0 Å². The highest BCUT2D eigenvalue weighted by molar-refractivity contribution is 6.04. The highest BCUT2D eigenvalue weighted by atomic mass is 16.5. The fourth-order valence-electron chi connectivity index (χ4n) is 2.97. The minimum atomic E-state index is -0.211. The molecule has 4 aromatic rings. The Kier molecular flexibility index (Phi) is 5.52. The van der Waals surface area contributed by atoms with Crippen LogP contribution < -0.4 is 10.1 Å². The molecule has 30 heavy (non-hydrogen) atoms. The van der Waals surface area contributed by atoms with Gasteiger partial charge in [-0.3, -0.25) is 4.79 Å². The number of hydrogen-bond acceptors (Lipinski definition) is 5. The summed E-state index contributed by atoms with van der Waals surface area (Å²) in [7, 11) is 0. The first kappa shape index (κ1) is 19.3. The largest absolute Gasteiger partial charge is 0.457 e. The summed E-state index contributed by atoms with van der Waals surface area (Å²) in [5.41, 5.74) is 1.99. The van der Waals surface area contributed by atoms with Crippen LogP contribution in [0.2, 0.25) is 0 Å².